The zero-order valence-corrected chi connectivity index (χ0v) is 22.2. The number of carbonyl (C=O) groups excluding carboxylic acids is 1. The lowest BCUT2D eigenvalue weighted by molar-refractivity contribution is -0.249. The summed E-state index contributed by atoms with van der Waals surface area (Å²) in [6.07, 6.45) is 4.01. The first kappa shape index (κ1) is 32.5. The third-order valence-corrected chi connectivity index (χ3v) is 4.90. The van der Waals surface area contributed by atoms with Crippen molar-refractivity contribution in [2.45, 2.75) is 46.6 Å². The van der Waals surface area contributed by atoms with Crippen molar-refractivity contribution >= 4 is 5.78 Å². The number of Topliss-reactive ketones (excluding diaryl/α,β-unsaturated/α-hetero) is 1. The molecule has 0 aliphatic rings. The van der Waals surface area contributed by atoms with E-state index in [-0.39, 0.29) is 17.8 Å². The quantitative estimate of drug-likeness (QED) is 0.115. The molecule has 0 spiro atoms. The van der Waals surface area contributed by atoms with Crippen LogP contribution in [-0.4, -0.2) is 112 Å². The molecule has 0 aliphatic carbocycles. The number of nitrogens with zero attached hydrogens (tertiary/aromatic N) is 3. The first-order valence-electron chi connectivity index (χ1n) is 12.6. The van der Waals surface area contributed by atoms with Gasteiger partial charge < -0.3 is 28.4 Å². The molecule has 0 atom stereocenters. The van der Waals surface area contributed by atoms with Gasteiger partial charge in [-0.2, -0.15) is 0 Å². The third kappa shape index (κ3) is 18.7. The molecule has 0 bridgehead atoms. The SMILES string of the molecule is CC(C)(C)C(=O)CCCc1cn(CCOCCOCCOCCOCCOCCOCCOO)nn1. The lowest BCUT2D eigenvalue weighted by atomic mass is 9.88. The molecule has 0 saturated heterocycles. The number of hydrogen-bond donors (Lipinski definition) is 1. The van der Waals surface area contributed by atoms with Gasteiger partial charge in [0.25, 0.3) is 0 Å². The summed E-state index contributed by atoms with van der Waals surface area (Å²) in [6, 6.07) is 0. The Morgan fingerprint density at radius 2 is 1.22 bits per heavy atom. The maximum atomic E-state index is 12.0. The zero-order valence-electron chi connectivity index (χ0n) is 22.2. The van der Waals surface area contributed by atoms with Crippen LogP contribution in [0.2, 0.25) is 0 Å². The van der Waals surface area contributed by atoms with E-state index in [0.29, 0.717) is 92.2 Å². The molecular weight excluding hydrogens is 474 g/mol. The molecular formula is C24H45N3O9. The summed E-state index contributed by atoms with van der Waals surface area (Å²) in [5, 5.41) is 16.4. The van der Waals surface area contributed by atoms with Crippen LogP contribution in [0.4, 0.5) is 0 Å². The van der Waals surface area contributed by atoms with Crippen molar-refractivity contribution < 1.29 is 43.4 Å². The van der Waals surface area contributed by atoms with Gasteiger partial charge in [-0.15, -0.1) is 5.10 Å². The predicted octanol–water partition coefficient (Wildman–Crippen LogP) is 1.81. The van der Waals surface area contributed by atoms with Crippen molar-refractivity contribution in [1.29, 1.82) is 0 Å². The molecule has 12 nitrogen and oxygen atoms in total. The van der Waals surface area contributed by atoms with E-state index in [0.717, 1.165) is 18.5 Å². The fourth-order valence-electron chi connectivity index (χ4n) is 2.82. The Morgan fingerprint density at radius 1 is 0.778 bits per heavy atom. The lowest BCUT2D eigenvalue weighted by Crippen LogP contribution is -2.19. The number of hydrogen-bond acceptors (Lipinski definition) is 11. The van der Waals surface area contributed by atoms with Crippen LogP contribution in [-0.2, 0) is 51.1 Å². The van der Waals surface area contributed by atoms with Crippen LogP contribution >= 0.6 is 0 Å². The van der Waals surface area contributed by atoms with Gasteiger partial charge in [-0.3, -0.25) is 10.1 Å². The normalized spacial score (nSPS) is 11.9. The van der Waals surface area contributed by atoms with Crippen molar-refractivity contribution in [1.82, 2.24) is 15.0 Å². The maximum Gasteiger partial charge on any atom is 0.138 e. The van der Waals surface area contributed by atoms with Crippen LogP contribution in [0.3, 0.4) is 0 Å². The summed E-state index contributed by atoms with van der Waals surface area (Å²) >= 11 is 0. The van der Waals surface area contributed by atoms with Crippen molar-refractivity contribution in [3.05, 3.63) is 11.9 Å². The van der Waals surface area contributed by atoms with E-state index in [1.165, 1.54) is 0 Å². The second-order valence-corrected chi connectivity index (χ2v) is 9.01. The Hall–Kier alpha value is -1.51. The van der Waals surface area contributed by atoms with Crippen molar-refractivity contribution in [2.24, 2.45) is 5.41 Å². The van der Waals surface area contributed by atoms with E-state index >= 15 is 0 Å². The number of ether oxygens (including phenoxy) is 6. The molecule has 36 heavy (non-hydrogen) atoms. The van der Waals surface area contributed by atoms with Crippen LogP contribution in [0.1, 0.15) is 39.3 Å². The van der Waals surface area contributed by atoms with Crippen LogP contribution in [0.5, 0.6) is 0 Å². The fourth-order valence-corrected chi connectivity index (χ4v) is 2.82. The summed E-state index contributed by atoms with van der Waals surface area (Å²) < 4.78 is 34.1. The summed E-state index contributed by atoms with van der Waals surface area (Å²) in [4.78, 5) is 15.9. The first-order chi connectivity index (χ1) is 17.4. The summed E-state index contributed by atoms with van der Waals surface area (Å²) in [7, 11) is 0. The molecule has 0 saturated carbocycles. The second-order valence-electron chi connectivity index (χ2n) is 9.01. The highest BCUT2D eigenvalue weighted by Crippen LogP contribution is 2.18. The van der Waals surface area contributed by atoms with Gasteiger partial charge in [0.1, 0.15) is 12.4 Å². The van der Waals surface area contributed by atoms with Gasteiger partial charge >= 0.3 is 0 Å². The third-order valence-electron chi connectivity index (χ3n) is 4.90. The number of aryl methyl sites for hydroxylation is 1. The summed E-state index contributed by atoms with van der Waals surface area (Å²) in [5.74, 6) is 0.273. The van der Waals surface area contributed by atoms with E-state index in [4.69, 9.17) is 33.7 Å². The minimum absolute atomic E-state index is 0.151. The Bertz CT molecular complexity index is 653. The van der Waals surface area contributed by atoms with E-state index in [2.05, 4.69) is 15.2 Å². The predicted molar refractivity (Wildman–Crippen MR) is 131 cm³/mol. The van der Waals surface area contributed by atoms with Gasteiger partial charge in [0, 0.05) is 18.0 Å². The van der Waals surface area contributed by atoms with Gasteiger partial charge in [0.2, 0.25) is 0 Å². The Morgan fingerprint density at radius 3 is 1.67 bits per heavy atom. The van der Waals surface area contributed by atoms with Crippen LogP contribution in [0.15, 0.2) is 6.20 Å². The van der Waals surface area contributed by atoms with Crippen molar-refractivity contribution in [3.63, 3.8) is 0 Å². The molecule has 210 valence electrons. The molecule has 0 fully saturated rings. The highest BCUT2D eigenvalue weighted by molar-refractivity contribution is 5.83. The average molecular weight is 520 g/mol. The minimum Gasteiger partial charge on any atom is -0.377 e. The van der Waals surface area contributed by atoms with E-state index < -0.39 is 0 Å². The molecule has 12 heteroatoms. The molecule has 1 rings (SSSR count). The number of carbonyl (C=O) groups is 1. The molecule has 0 radical (unpaired) electrons. The molecule has 1 aromatic heterocycles. The first-order valence-corrected chi connectivity index (χ1v) is 12.6. The molecule has 1 N–H and O–H groups in total. The van der Waals surface area contributed by atoms with Gasteiger partial charge in [0.15, 0.2) is 0 Å². The van der Waals surface area contributed by atoms with Gasteiger partial charge in [0.05, 0.1) is 91.5 Å². The summed E-state index contributed by atoms with van der Waals surface area (Å²) in [6.45, 7) is 12.4. The monoisotopic (exact) mass is 519 g/mol. The van der Waals surface area contributed by atoms with Crippen LogP contribution < -0.4 is 0 Å². The minimum atomic E-state index is -0.285. The van der Waals surface area contributed by atoms with Crippen molar-refractivity contribution in [2.75, 3.05) is 85.9 Å². The molecule has 0 aliphatic heterocycles. The van der Waals surface area contributed by atoms with Gasteiger partial charge in [-0.1, -0.05) is 26.0 Å². The maximum absolute atomic E-state index is 12.0. The standard InChI is InChI=1S/C24H45N3O9/c1-24(2,3)23(28)6-4-5-22-21-27(26-25-22)7-8-30-9-10-31-11-12-32-13-14-33-15-16-34-17-18-35-19-20-36-29/h21,29H,4-20H2,1-3H3. The Labute approximate surface area is 214 Å². The van der Waals surface area contributed by atoms with Gasteiger partial charge in [-0.25, -0.2) is 9.57 Å². The molecule has 1 heterocycles. The number of ketones is 1. The zero-order chi connectivity index (χ0) is 26.3. The molecule has 0 unspecified atom stereocenters. The highest BCUT2D eigenvalue weighted by Gasteiger charge is 2.20. The molecule has 0 aromatic carbocycles. The molecule has 0 amide bonds. The van der Waals surface area contributed by atoms with E-state index in [9.17, 15) is 4.79 Å². The average Bonchev–Trinajstić information content (AvgIpc) is 3.29. The molecule has 1 aromatic rings. The van der Waals surface area contributed by atoms with E-state index in [1.54, 1.807) is 4.68 Å². The Kier molecular flexibility index (Phi) is 19.5. The summed E-state index contributed by atoms with van der Waals surface area (Å²) in [5.41, 5.74) is 0.610. The number of aromatic nitrogens is 3. The van der Waals surface area contributed by atoms with Gasteiger partial charge in [-0.05, 0) is 12.8 Å². The lowest BCUT2D eigenvalue weighted by Gasteiger charge is -2.15. The smallest absolute Gasteiger partial charge is 0.138 e. The van der Waals surface area contributed by atoms with Crippen LogP contribution in [0.25, 0.3) is 0 Å². The highest BCUT2D eigenvalue weighted by atomic mass is 17.1. The Balaban J connectivity index is 1.82. The fraction of sp³-hybridized carbons (Fsp3) is 0.875. The van der Waals surface area contributed by atoms with Crippen LogP contribution in [0, 0.1) is 5.41 Å². The number of rotatable bonds is 25. The second kappa shape index (κ2) is 21.6. The van der Waals surface area contributed by atoms with Crippen molar-refractivity contribution in [3.8, 4) is 0 Å². The van der Waals surface area contributed by atoms with E-state index in [1.807, 2.05) is 27.0 Å². The largest absolute Gasteiger partial charge is 0.377 e. The topological polar surface area (TPSA) is 133 Å².